The van der Waals surface area contributed by atoms with Crippen molar-refractivity contribution in [3.05, 3.63) is 87.8 Å². The van der Waals surface area contributed by atoms with Gasteiger partial charge in [0.2, 0.25) is 0 Å². The summed E-state index contributed by atoms with van der Waals surface area (Å²) < 4.78 is 32.5. The van der Waals surface area contributed by atoms with Crippen LogP contribution in [0, 0.1) is 11.6 Å². The number of carbonyl (C=O) groups is 2. The van der Waals surface area contributed by atoms with Gasteiger partial charge in [-0.3, -0.25) is 4.79 Å². The Morgan fingerprint density at radius 2 is 1.79 bits per heavy atom. The molecule has 29 heavy (non-hydrogen) atoms. The maximum atomic E-state index is 13.9. The first-order chi connectivity index (χ1) is 13.9. The molecule has 0 aliphatic rings. The van der Waals surface area contributed by atoms with Crippen LogP contribution < -0.4 is 5.32 Å². The molecular formula is C22H19F2NO3S. The number of esters is 1. The van der Waals surface area contributed by atoms with Gasteiger partial charge in [-0.15, -0.1) is 11.3 Å². The summed E-state index contributed by atoms with van der Waals surface area (Å²) in [7, 11) is 0. The number of hydrogen-bond acceptors (Lipinski definition) is 4. The number of hydrogen-bond donors (Lipinski definition) is 1. The normalized spacial score (nSPS) is 11.7. The minimum Gasteiger partial charge on any atom is -0.462 e. The third-order valence-electron chi connectivity index (χ3n) is 4.37. The van der Waals surface area contributed by atoms with E-state index >= 15 is 0 Å². The monoisotopic (exact) mass is 415 g/mol. The standard InChI is InChI=1S/C22H19F2NO3S/c1-3-28-22(27)17-12-19(13(2)14-7-5-4-6-8-14)29-21(17)25-20(26)16-11-15(23)9-10-18(16)24/h4-13H,3H2,1-2H3,(H,25,26)/t13-/m1/s1. The lowest BCUT2D eigenvalue weighted by Gasteiger charge is -2.09. The molecule has 0 aliphatic carbocycles. The fraction of sp³-hybridized carbons (Fsp3) is 0.182. The van der Waals surface area contributed by atoms with Gasteiger partial charge in [0.1, 0.15) is 16.6 Å². The zero-order valence-electron chi connectivity index (χ0n) is 15.9. The number of benzene rings is 2. The van der Waals surface area contributed by atoms with E-state index < -0.39 is 29.1 Å². The smallest absolute Gasteiger partial charge is 0.341 e. The molecule has 1 heterocycles. The summed E-state index contributed by atoms with van der Waals surface area (Å²) >= 11 is 1.20. The van der Waals surface area contributed by atoms with Gasteiger partial charge in [-0.25, -0.2) is 13.6 Å². The molecular weight excluding hydrogens is 396 g/mol. The van der Waals surface area contributed by atoms with Crippen LogP contribution in [0.5, 0.6) is 0 Å². The molecule has 1 aromatic heterocycles. The molecule has 150 valence electrons. The highest BCUT2D eigenvalue weighted by molar-refractivity contribution is 7.16. The van der Waals surface area contributed by atoms with Gasteiger partial charge in [-0.1, -0.05) is 37.3 Å². The number of nitrogens with one attached hydrogen (secondary N) is 1. The van der Waals surface area contributed by atoms with Crippen molar-refractivity contribution in [3.8, 4) is 0 Å². The van der Waals surface area contributed by atoms with Gasteiger partial charge in [0.15, 0.2) is 0 Å². The number of anilines is 1. The average Bonchev–Trinajstić information content (AvgIpc) is 3.13. The molecule has 0 bridgehead atoms. The van der Waals surface area contributed by atoms with E-state index in [1.165, 1.54) is 11.3 Å². The van der Waals surface area contributed by atoms with Gasteiger partial charge in [0.05, 0.1) is 17.7 Å². The van der Waals surface area contributed by atoms with Gasteiger partial charge in [0, 0.05) is 10.8 Å². The van der Waals surface area contributed by atoms with Crippen molar-refractivity contribution >= 4 is 28.2 Å². The average molecular weight is 415 g/mol. The summed E-state index contributed by atoms with van der Waals surface area (Å²) in [5.41, 5.74) is 0.781. The van der Waals surface area contributed by atoms with Crippen molar-refractivity contribution in [2.24, 2.45) is 0 Å². The van der Waals surface area contributed by atoms with Gasteiger partial charge in [0.25, 0.3) is 5.91 Å². The molecule has 1 N–H and O–H groups in total. The quantitative estimate of drug-likeness (QED) is 0.533. The maximum absolute atomic E-state index is 13.9. The Morgan fingerprint density at radius 1 is 1.07 bits per heavy atom. The highest BCUT2D eigenvalue weighted by atomic mass is 32.1. The van der Waals surface area contributed by atoms with Crippen molar-refractivity contribution in [2.45, 2.75) is 19.8 Å². The molecule has 2 aromatic carbocycles. The summed E-state index contributed by atoms with van der Waals surface area (Å²) in [4.78, 5) is 25.7. The van der Waals surface area contributed by atoms with Crippen LogP contribution >= 0.6 is 11.3 Å². The van der Waals surface area contributed by atoms with E-state index in [0.717, 1.165) is 28.6 Å². The fourth-order valence-corrected chi connectivity index (χ4v) is 3.95. The van der Waals surface area contributed by atoms with Crippen molar-refractivity contribution in [1.29, 1.82) is 0 Å². The van der Waals surface area contributed by atoms with Crippen LogP contribution in [0.4, 0.5) is 13.8 Å². The van der Waals surface area contributed by atoms with E-state index in [0.29, 0.717) is 0 Å². The molecule has 1 atom stereocenters. The molecule has 1 amide bonds. The zero-order valence-corrected chi connectivity index (χ0v) is 16.7. The predicted molar refractivity (Wildman–Crippen MR) is 109 cm³/mol. The third-order valence-corrected chi connectivity index (χ3v) is 5.61. The Morgan fingerprint density at radius 3 is 2.48 bits per heavy atom. The summed E-state index contributed by atoms with van der Waals surface area (Å²) in [6, 6.07) is 14.0. The molecule has 0 spiro atoms. The van der Waals surface area contributed by atoms with E-state index in [1.54, 1.807) is 13.0 Å². The number of rotatable bonds is 6. The van der Waals surface area contributed by atoms with Gasteiger partial charge in [-0.2, -0.15) is 0 Å². The van der Waals surface area contributed by atoms with E-state index in [-0.39, 0.29) is 23.1 Å². The van der Waals surface area contributed by atoms with Crippen LogP contribution in [-0.4, -0.2) is 18.5 Å². The van der Waals surface area contributed by atoms with Crippen LogP contribution in [0.3, 0.4) is 0 Å². The molecule has 0 saturated heterocycles. The lowest BCUT2D eigenvalue weighted by atomic mass is 9.99. The molecule has 3 rings (SSSR count). The first-order valence-corrected chi connectivity index (χ1v) is 9.84. The number of carbonyl (C=O) groups excluding carboxylic acids is 2. The SMILES string of the molecule is CCOC(=O)c1cc([C@H](C)c2ccccc2)sc1NC(=O)c1cc(F)ccc1F. The minimum absolute atomic E-state index is 0.0362. The van der Waals surface area contributed by atoms with Crippen LogP contribution in [0.1, 0.15) is 50.9 Å². The molecule has 7 heteroatoms. The van der Waals surface area contributed by atoms with Gasteiger partial charge >= 0.3 is 5.97 Å². The van der Waals surface area contributed by atoms with Crippen LogP contribution in [-0.2, 0) is 4.74 Å². The first kappa shape index (κ1) is 20.7. The predicted octanol–water partition coefficient (Wildman–Crippen LogP) is 5.61. The second-order valence-electron chi connectivity index (χ2n) is 6.32. The topological polar surface area (TPSA) is 55.4 Å². The Bertz CT molecular complexity index is 1030. The second kappa shape index (κ2) is 8.96. The third kappa shape index (κ3) is 4.68. The maximum Gasteiger partial charge on any atom is 0.341 e. The Balaban J connectivity index is 1.96. The summed E-state index contributed by atoms with van der Waals surface area (Å²) in [5.74, 6) is -3.05. The Hall–Kier alpha value is -3.06. The molecule has 4 nitrogen and oxygen atoms in total. The molecule has 0 unspecified atom stereocenters. The molecule has 0 fully saturated rings. The highest BCUT2D eigenvalue weighted by Gasteiger charge is 2.23. The van der Waals surface area contributed by atoms with Gasteiger partial charge in [-0.05, 0) is 36.8 Å². The van der Waals surface area contributed by atoms with Crippen molar-refractivity contribution in [3.63, 3.8) is 0 Å². The molecule has 0 saturated carbocycles. The number of amides is 1. The second-order valence-corrected chi connectivity index (χ2v) is 7.41. The fourth-order valence-electron chi connectivity index (χ4n) is 2.82. The van der Waals surface area contributed by atoms with Crippen molar-refractivity contribution in [1.82, 2.24) is 0 Å². The minimum atomic E-state index is -0.851. The summed E-state index contributed by atoms with van der Waals surface area (Å²) in [5, 5.41) is 2.76. The van der Waals surface area contributed by atoms with Crippen LogP contribution in [0.2, 0.25) is 0 Å². The van der Waals surface area contributed by atoms with Gasteiger partial charge < -0.3 is 10.1 Å². The zero-order chi connectivity index (χ0) is 21.0. The number of thiophene rings is 1. The van der Waals surface area contributed by atoms with E-state index in [1.807, 2.05) is 37.3 Å². The van der Waals surface area contributed by atoms with E-state index in [2.05, 4.69) is 5.32 Å². The van der Waals surface area contributed by atoms with E-state index in [9.17, 15) is 18.4 Å². The van der Waals surface area contributed by atoms with Crippen LogP contribution in [0.25, 0.3) is 0 Å². The number of ether oxygens (including phenoxy) is 1. The highest BCUT2D eigenvalue weighted by Crippen LogP contribution is 2.36. The number of halogens is 2. The molecule has 3 aromatic rings. The summed E-state index contributed by atoms with van der Waals surface area (Å²) in [6.45, 7) is 3.83. The van der Waals surface area contributed by atoms with Crippen molar-refractivity contribution < 1.29 is 23.1 Å². The van der Waals surface area contributed by atoms with Crippen LogP contribution in [0.15, 0.2) is 54.6 Å². The largest absolute Gasteiger partial charge is 0.462 e. The lowest BCUT2D eigenvalue weighted by molar-refractivity contribution is 0.0528. The lowest BCUT2D eigenvalue weighted by Crippen LogP contribution is -2.15. The molecule has 0 aliphatic heterocycles. The molecule has 0 radical (unpaired) electrons. The summed E-state index contributed by atoms with van der Waals surface area (Å²) in [6.07, 6.45) is 0. The van der Waals surface area contributed by atoms with E-state index in [4.69, 9.17) is 4.74 Å². The Kier molecular flexibility index (Phi) is 6.39. The first-order valence-electron chi connectivity index (χ1n) is 9.03. The Labute approximate surface area is 171 Å². The van der Waals surface area contributed by atoms with Crippen molar-refractivity contribution in [2.75, 3.05) is 11.9 Å².